The number of thioether (sulfide) groups is 1. The van der Waals surface area contributed by atoms with E-state index in [9.17, 15) is 4.79 Å². The Hall–Kier alpha value is -1.73. The normalized spacial score (nSPS) is 15.7. The van der Waals surface area contributed by atoms with Gasteiger partial charge in [-0.3, -0.25) is 9.69 Å². The Morgan fingerprint density at radius 2 is 1.81 bits per heavy atom. The largest absolute Gasteiger partial charge is 0.493 e. The second-order valence-electron chi connectivity index (χ2n) is 5.23. The first kappa shape index (κ1) is 19.0. The number of carbonyl (C=O) groups excluding carboxylic acids is 1. The molecule has 0 aromatic heterocycles. The number of hydrogen-bond donors (Lipinski definition) is 0. The van der Waals surface area contributed by atoms with Crippen LogP contribution in [0.4, 0.5) is 5.69 Å². The molecule has 0 spiro atoms. The Balaban J connectivity index is 2.00. The number of amides is 1. The minimum atomic E-state index is -0.247. The lowest BCUT2D eigenvalue weighted by atomic mass is 10.1. The maximum Gasteiger partial charge on any atom is 0.270 e. The highest BCUT2D eigenvalue weighted by Crippen LogP contribution is 2.40. The zero-order valence-electron chi connectivity index (χ0n) is 13.8. The van der Waals surface area contributed by atoms with Crippen LogP contribution in [0.25, 0.3) is 6.08 Å². The minimum Gasteiger partial charge on any atom is -0.493 e. The number of ether oxygens (including phenoxy) is 2. The van der Waals surface area contributed by atoms with E-state index < -0.39 is 0 Å². The summed E-state index contributed by atoms with van der Waals surface area (Å²) in [5.74, 6) is 0.882. The molecule has 0 saturated carbocycles. The van der Waals surface area contributed by atoms with Gasteiger partial charge in [0.25, 0.3) is 5.91 Å². The number of para-hydroxylation sites is 1. The van der Waals surface area contributed by atoms with E-state index in [1.54, 1.807) is 44.6 Å². The highest BCUT2D eigenvalue weighted by molar-refractivity contribution is 8.27. The Kier molecular flexibility index (Phi) is 5.77. The molecule has 0 radical (unpaired) electrons. The van der Waals surface area contributed by atoms with E-state index in [1.807, 2.05) is 12.1 Å². The molecule has 1 fully saturated rings. The van der Waals surface area contributed by atoms with E-state index in [0.717, 1.165) is 5.56 Å². The number of rotatable bonds is 4. The molecular weight excluding hydrogens is 413 g/mol. The summed E-state index contributed by atoms with van der Waals surface area (Å²) in [5, 5.41) is 0.861. The highest BCUT2D eigenvalue weighted by Gasteiger charge is 2.34. The van der Waals surface area contributed by atoms with Gasteiger partial charge in [0.05, 0.1) is 24.8 Å². The average Bonchev–Trinajstić information content (AvgIpc) is 2.87. The van der Waals surface area contributed by atoms with Crippen molar-refractivity contribution < 1.29 is 14.3 Å². The summed E-state index contributed by atoms with van der Waals surface area (Å²) < 4.78 is 11.1. The Labute approximate surface area is 170 Å². The molecule has 1 amide bonds. The maximum atomic E-state index is 12.9. The van der Waals surface area contributed by atoms with Gasteiger partial charge in [-0.05, 0) is 30.3 Å². The van der Waals surface area contributed by atoms with E-state index in [0.29, 0.717) is 36.5 Å². The van der Waals surface area contributed by atoms with Crippen LogP contribution in [0, 0.1) is 0 Å². The molecule has 2 aromatic carbocycles. The number of benzene rings is 2. The molecule has 1 saturated heterocycles. The molecule has 3 rings (SSSR count). The summed E-state index contributed by atoms with van der Waals surface area (Å²) >= 11 is 18.7. The number of halogens is 2. The molecule has 1 aliphatic heterocycles. The van der Waals surface area contributed by atoms with Crippen molar-refractivity contribution in [1.29, 1.82) is 0 Å². The predicted octanol–water partition coefficient (Wildman–Crippen LogP) is 5.42. The van der Waals surface area contributed by atoms with Crippen molar-refractivity contribution in [3.8, 4) is 11.5 Å². The first-order valence-corrected chi connectivity index (χ1v) is 9.37. The van der Waals surface area contributed by atoms with Crippen molar-refractivity contribution in [3.63, 3.8) is 0 Å². The second-order valence-corrected chi connectivity index (χ2v) is 7.78. The van der Waals surface area contributed by atoms with E-state index in [2.05, 4.69) is 0 Å². The summed E-state index contributed by atoms with van der Waals surface area (Å²) in [6.07, 6.45) is 1.73. The first-order valence-electron chi connectivity index (χ1n) is 7.39. The molecule has 4 nitrogen and oxygen atoms in total. The molecule has 0 unspecified atom stereocenters. The summed E-state index contributed by atoms with van der Waals surface area (Å²) in [4.78, 5) is 14.8. The van der Waals surface area contributed by atoms with Crippen LogP contribution < -0.4 is 14.4 Å². The molecule has 1 heterocycles. The molecule has 0 N–H and O–H groups in total. The topological polar surface area (TPSA) is 38.8 Å². The monoisotopic (exact) mass is 425 g/mol. The summed E-state index contributed by atoms with van der Waals surface area (Å²) in [6.45, 7) is 0. The smallest absolute Gasteiger partial charge is 0.270 e. The Morgan fingerprint density at radius 1 is 1.12 bits per heavy atom. The van der Waals surface area contributed by atoms with Crippen LogP contribution in [0.1, 0.15) is 5.56 Å². The van der Waals surface area contributed by atoms with Crippen LogP contribution in [-0.2, 0) is 4.79 Å². The van der Waals surface area contributed by atoms with Crippen LogP contribution in [0.2, 0.25) is 10.0 Å². The minimum absolute atomic E-state index is 0.247. The van der Waals surface area contributed by atoms with Crippen molar-refractivity contribution in [2.24, 2.45) is 0 Å². The lowest BCUT2D eigenvalue weighted by Crippen LogP contribution is -2.27. The van der Waals surface area contributed by atoms with E-state index in [-0.39, 0.29) is 5.91 Å². The first-order chi connectivity index (χ1) is 12.4. The zero-order valence-corrected chi connectivity index (χ0v) is 16.9. The van der Waals surface area contributed by atoms with Crippen molar-refractivity contribution in [2.75, 3.05) is 19.1 Å². The molecule has 2 aromatic rings. The Bertz CT molecular complexity index is 910. The number of anilines is 1. The lowest BCUT2D eigenvalue weighted by Gasteiger charge is -2.15. The maximum absolute atomic E-state index is 12.9. The molecule has 1 aliphatic rings. The third kappa shape index (κ3) is 3.69. The number of thiocarbonyl (C=S) groups is 1. The summed E-state index contributed by atoms with van der Waals surface area (Å²) in [5.41, 5.74) is 1.25. The van der Waals surface area contributed by atoms with Gasteiger partial charge in [-0.25, -0.2) is 0 Å². The van der Waals surface area contributed by atoms with E-state index in [4.69, 9.17) is 44.9 Å². The van der Waals surface area contributed by atoms with Crippen LogP contribution >= 0.6 is 47.2 Å². The summed E-state index contributed by atoms with van der Waals surface area (Å²) in [7, 11) is 3.11. The van der Waals surface area contributed by atoms with Crippen LogP contribution in [0.3, 0.4) is 0 Å². The number of hydrogen-bond acceptors (Lipinski definition) is 5. The van der Waals surface area contributed by atoms with Crippen molar-refractivity contribution in [1.82, 2.24) is 0 Å². The van der Waals surface area contributed by atoms with Gasteiger partial charge in [0, 0.05) is 15.6 Å². The summed E-state index contributed by atoms with van der Waals surface area (Å²) in [6, 6.07) is 10.3. The van der Waals surface area contributed by atoms with Gasteiger partial charge >= 0.3 is 0 Å². The molecular formula is C18H13Cl2NO3S2. The molecule has 8 heteroatoms. The highest BCUT2D eigenvalue weighted by atomic mass is 35.5. The number of carbonyl (C=O) groups is 1. The van der Waals surface area contributed by atoms with Crippen LogP contribution in [0.15, 0.2) is 41.3 Å². The predicted molar refractivity (Wildman–Crippen MR) is 112 cm³/mol. The Morgan fingerprint density at radius 3 is 2.42 bits per heavy atom. The SMILES string of the molecule is COc1cccc(/C=C2/SC(=S)N(c3cc(Cl)cc(Cl)c3)C2=O)c1OC. The molecule has 0 atom stereocenters. The molecule has 0 bridgehead atoms. The fourth-order valence-electron chi connectivity index (χ4n) is 2.53. The molecule has 26 heavy (non-hydrogen) atoms. The van der Waals surface area contributed by atoms with E-state index in [1.165, 1.54) is 16.7 Å². The van der Waals surface area contributed by atoms with Gasteiger partial charge in [-0.15, -0.1) is 0 Å². The van der Waals surface area contributed by atoms with Crippen molar-refractivity contribution >= 4 is 69.2 Å². The van der Waals surface area contributed by atoms with E-state index >= 15 is 0 Å². The van der Waals surface area contributed by atoms with Crippen molar-refractivity contribution in [2.45, 2.75) is 0 Å². The van der Waals surface area contributed by atoms with Crippen LogP contribution in [0.5, 0.6) is 11.5 Å². The lowest BCUT2D eigenvalue weighted by molar-refractivity contribution is -0.113. The molecule has 0 aliphatic carbocycles. The second kappa shape index (κ2) is 7.88. The number of nitrogens with zero attached hydrogens (tertiary/aromatic N) is 1. The third-order valence-corrected chi connectivity index (χ3v) is 5.36. The van der Waals surface area contributed by atoms with Gasteiger partial charge in [0.2, 0.25) is 0 Å². The quantitative estimate of drug-likeness (QED) is 0.483. The molecule has 134 valence electrons. The average molecular weight is 426 g/mol. The van der Waals surface area contributed by atoms with Crippen LogP contribution in [-0.4, -0.2) is 24.4 Å². The van der Waals surface area contributed by atoms with Crippen molar-refractivity contribution in [3.05, 3.63) is 56.9 Å². The zero-order chi connectivity index (χ0) is 18.8. The third-order valence-electron chi connectivity index (χ3n) is 3.62. The van der Waals surface area contributed by atoms with Gasteiger partial charge in [0.15, 0.2) is 15.8 Å². The van der Waals surface area contributed by atoms with Gasteiger partial charge in [-0.1, -0.05) is 59.3 Å². The standard InChI is InChI=1S/C18H13Cl2NO3S2/c1-23-14-5-3-4-10(16(14)24-2)6-15-17(22)21(18(25)26-15)13-8-11(19)7-12(20)9-13/h3-9H,1-2H3/b15-6+. The van der Waals surface area contributed by atoms with Gasteiger partial charge in [0.1, 0.15) is 0 Å². The van der Waals surface area contributed by atoms with Gasteiger partial charge < -0.3 is 9.47 Å². The fraction of sp³-hybridized carbons (Fsp3) is 0.111. The fourth-order valence-corrected chi connectivity index (χ4v) is 4.33. The van der Waals surface area contributed by atoms with Gasteiger partial charge in [-0.2, -0.15) is 0 Å². The number of methoxy groups -OCH3 is 2.